The van der Waals surface area contributed by atoms with Gasteiger partial charge in [-0.15, -0.1) is 0 Å². The molecule has 2 aliphatic rings. The van der Waals surface area contributed by atoms with Gasteiger partial charge in [-0.25, -0.2) is 4.79 Å². The van der Waals surface area contributed by atoms with Gasteiger partial charge in [-0.2, -0.15) is 0 Å². The van der Waals surface area contributed by atoms with E-state index >= 15 is 0 Å². The number of carbonyl (C=O) groups is 1. The second kappa shape index (κ2) is 4.88. The maximum atomic E-state index is 12.8. The fraction of sp³-hybridized carbons (Fsp3) is 0.471. The smallest absolute Gasteiger partial charge is 0.340 e. The summed E-state index contributed by atoms with van der Waals surface area (Å²) < 4.78 is 60.5. The first-order chi connectivity index (χ1) is 13.1. The Balaban J connectivity index is 1.60. The van der Waals surface area contributed by atoms with Crippen molar-refractivity contribution in [3.8, 4) is 0 Å². The predicted octanol–water partition coefficient (Wildman–Crippen LogP) is 2.95. The molecule has 4 rings (SSSR count). The Hall–Kier alpha value is -1.81. The Kier molecular flexibility index (Phi) is 1.73. The Morgan fingerprint density at radius 1 is 1.43 bits per heavy atom. The highest BCUT2D eigenvalue weighted by molar-refractivity contribution is 6.04. The van der Waals surface area contributed by atoms with E-state index in [4.69, 9.17) is 14.3 Å². The van der Waals surface area contributed by atoms with Crippen LogP contribution >= 0.6 is 0 Å². The van der Waals surface area contributed by atoms with Gasteiger partial charge in [-0.05, 0) is 25.9 Å². The van der Waals surface area contributed by atoms with Gasteiger partial charge >= 0.3 is 5.97 Å². The van der Waals surface area contributed by atoms with Gasteiger partial charge < -0.3 is 14.6 Å². The van der Waals surface area contributed by atoms with Crippen molar-refractivity contribution in [3.05, 3.63) is 35.9 Å². The molecule has 2 saturated heterocycles. The zero-order chi connectivity index (χ0) is 20.4. The van der Waals surface area contributed by atoms with Gasteiger partial charge in [-0.3, -0.25) is 0 Å². The maximum absolute atomic E-state index is 12.8. The van der Waals surface area contributed by atoms with Crippen molar-refractivity contribution in [2.75, 3.05) is 6.98 Å². The molecule has 2 fully saturated rings. The molecule has 1 aromatic heterocycles. The van der Waals surface area contributed by atoms with E-state index < -0.39 is 19.0 Å². The zero-order valence-electron chi connectivity index (χ0n) is 18.4. The normalized spacial score (nSPS) is 34.3. The summed E-state index contributed by atoms with van der Waals surface area (Å²) in [6, 6.07) is 0.354. The Labute approximate surface area is 133 Å². The number of carbonyl (C=O) groups excluding carboxylic acids is 1. The van der Waals surface area contributed by atoms with Crippen LogP contribution in [-0.4, -0.2) is 41.0 Å². The molecule has 3 heterocycles. The fourth-order valence-electron chi connectivity index (χ4n) is 3.41. The molecular weight excluding hydrogens is 264 g/mol. The van der Waals surface area contributed by atoms with Gasteiger partial charge in [0.05, 0.1) is 11.0 Å². The standard InChI is InChI=1S/C17H20N2O2/c1-19-11-6-7-12(19)9-13(8-11)21-17(20)15-10-18-16-5-3-2-4-14(15)16/h2-5,10-13,18H,6-9H2,1H3/t11-,12+,13?/i1D3,2D,4D,5D,10D. The number of ether oxygens (including phenoxy) is 1. The van der Waals surface area contributed by atoms with E-state index in [1.807, 2.05) is 0 Å². The Morgan fingerprint density at radius 3 is 3.00 bits per heavy atom. The molecule has 2 aliphatic heterocycles. The number of aromatic amines is 1. The SMILES string of the molecule is [2H]c1cc([2H])c2[nH]c([2H])c(C(=O)OC3C[C@H]4CC[C@@H](C3)N4C([2H])([2H])[2H])c2c1[2H]. The van der Waals surface area contributed by atoms with Gasteiger partial charge in [0.2, 0.25) is 0 Å². The van der Waals surface area contributed by atoms with Crippen molar-refractivity contribution in [1.29, 1.82) is 0 Å². The molecule has 0 radical (unpaired) electrons. The van der Waals surface area contributed by atoms with Crippen LogP contribution in [0, 0.1) is 0 Å². The van der Waals surface area contributed by atoms with Crippen LogP contribution in [0.15, 0.2) is 30.4 Å². The van der Waals surface area contributed by atoms with Gasteiger partial charge in [-0.1, -0.05) is 18.2 Å². The van der Waals surface area contributed by atoms with Crippen molar-refractivity contribution in [2.24, 2.45) is 0 Å². The molecule has 0 amide bonds. The van der Waals surface area contributed by atoms with Crippen LogP contribution in [0.4, 0.5) is 0 Å². The second-order valence-electron chi connectivity index (χ2n) is 5.72. The molecule has 0 aliphatic carbocycles. The molecule has 3 atom stereocenters. The highest BCUT2D eigenvalue weighted by atomic mass is 16.5. The quantitative estimate of drug-likeness (QED) is 0.865. The molecule has 2 aromatic rings. The van der Waals surface area contributed by atoms with Crippen LogP contribution in [-0.2, 0) is 4.74 Å². The number of aromatic nitrogens is 1. The topological polar surface area (TPSA) is 45.3 Å². The molecule has 110 valence electrons. The summed E-state index contributed by atoms with van der Waals surface area (Å²) >= 11 is 0. The Bertz CT molecular complexity index is 941. The van der Waals surface area contributed by atoms with Crippen molar-refractivity contribution in [1.82, 2.24) is 9.88 Å². The summed E-state index contributed by atoms with van der Waals surface area (Å²) in [5, 5.41) is 0.0513. The number of hydrogen-bond acceptors (Lipinski definition) is 3. The third kappa shape index (κ3) is 2.14. The van der Waals surface area contributed by atoms with Crippen molar-refractivity contribution in [2.45, 2.75) is 43.9 Å². The second-order valence-corrected chi connectivity index (χ2v) is 5.72. The first-order valence-electron chi connectivity index (χ1n) is 10.7. The minimum Gasteiger partial charge on any atom is -0.459 e. The van der Waals surface area contributed by atoms with Crippen LogP contribution in [0.25, 0.3) is 10.9 Å². The van der Waals surface area contributed by atoms with E-state index in [1.54, 1.807) is 4.90 Å². The molecule has 0 spiro atoms. The molecule has 0 saturated carbocycles. The van der Waals surface area contributed by atoms with Gasteiger partial charge in [0, 0.05) is 46.1 Å². The van der Waals surface area contributed by atoms with E-state index in [0.29, 0.717) is 12.8 Å². The van der Waals surface area contributed by atoms with Crippen LogP contribution in [0.3, 0.4) is 0 Å². The highest BCUT2D eigenvalue weighted by Gasteiger charge is 2.40. The van der Waals surface area contributed by atoms with Gasteiger partial charge in [0.1, 0.15) is 6.10 Å². The molecule has 1 aromatic carbocycles. The molecule has 21 heavy (non-hydrogen) atoms. The monoisotopic (exact) mass is 291 g/mol. The van der Waals surface area contributed by atoms with Crippen LogP contribution in [0.2, 0.25) is 0 Å². The van der Waals surface area contributed by atoms with Gasteiger partial charge in [0.15, 0.2) is 0 Å². The number of para-hydroxylation sites is 1. The fourth-order valence-corrected chi connectivity index (χ4v) is 3.41. The number of fused-ring (bicyclic) bond motifs is 3. The molecule has 4 heteroatoms. The number of hydrogen-bond donors (Lipinski definition) is 1. The number of piperidine rings is 1. The minimum absolute atomic E-state index is 0.0513. The van der Waals surface area contributed by atoms with Crippen LogP contribution < -0.4 is 0 Å². The summed E-state index contributed by atoms with van der Waals surface area (Å²) in [6.07, 6.45) is 1.60. The third-order valence-electron chi connectivity index (χ3n) is 4.47. The third-order valence-corrected chi connectivity index (χ3v) is 4.47. The van der Waals surface area contributed by atoms with E-state index in [1.165, 1.54) is 6.07 Å². The largest absolute Gasteiger partial charge is 0.459 e. The van der Waals surface area contributed by atoms with Crippen molar-refractivity contribution < 1.29 is 19.1 Å². The van der Waals surface area contributed by atoms with E-state index in [0.717, 1.165) is 12.8 Å². The Morgan fingerprint density at radius 2 is 2.24 bits per heavy atom. The van der Waals surface area contributed by atoms with E-state index in [9.17, 15) is 4.79 Å². The molecule has 2 bridgehead atoms. The molecule has 4 nitrogen and oxygen atoms in total. The van der Waals surface area contributed by atoms with Gasteiger partial charge in [0.25, 0.3) is 0 Å². The average Bonchev–Trinajstić information content (AvgIpc) is 3.08. The average molecular weight is 291 g/mol. The summed E-state index contributed by atoms with van der Waals surface area (Å²) in [4.78, 5) is 17.0. The first kappa shape index (κ1) is 7.45. The zero-order valence-corrected chi connectivity index (χ0v) is 11.4. The number of nitrogens with one attached hydrogen (secondary N) is 1. The minimum atomic E-state index is -2.17. The van der Waals surface area contributed by atoms with E-state index in [-0.39, 0.29) is 52.9 Å². The number of nitrogens with zero attached hydrogens (tertiary/aromatic N) is 1. The highest BCUT2D eigenvalue weighted by Crippen LogP contribution is 2.35. The van der Waals surface area contributed by atoms with Crippen molar-refractivity contribution in [3.63, 3.8) is 0 Å². The lowest BCUT2D eigenvalue weighted by Gasteiger charge is -2.35. The van der Waals surface area contributed by atoms with E-state index in [2.05, 4.69) is 4.98 Å². The summed E-state index contributed by atoms with van der Waals surface area (Å²) in [7, 11) is 0. The first-order valence-corrected chi connectivity index (χ1v) is 7.16. The molecule has 1 N–H and O–H groups in total. The lowest BCUT2D eigenvalue weighted by atomic mass is 10.0. The summed E-state index contributed by atoms with van der Waals surface area (Å²) in [5.74, 6) is -0.776. The number of H-pyrrole nitrogens is 1. The number of rotatable bonds is 2. The van der Waals surface area contributed by atoms with Crippen LogP contribution in [0.1, 0.15) is 45.6 Å². The summed E-state index contributed by atoms with van der Waals surface area (Å²) in [6.45, 7) is -2.17. The number of benzene rings is 1. The lowest BCUT2D eigenvalue weighted by Crippen LogP contribution is -2.43. The predicted molar refractivity (Wildman–Crippen MR) is 81.3 cm³/mol. The lowest BCUT2D eigenvalue weighted by molar-refractivity contribution is -0.000258. The molecular formula is C17H20N2O2. The molecule has 1 unspecified atom stereocenters. The summed E-state index contributed by atoms with van der Waals surface area (Å²) in [5.41, 5.74) is 0.0171. The number of esters is 1. The maximum Gasteiger partial charge on any atom is 0.340 e. The van der Waals surface area contributed by atoms with Crippen molar-refractivity contribution >= 4 is 16.9 Å². The van der Waals surface area contributed by atoms with Crippen LogP contribution in [0.5, 0.6) is 0 Å².